The summed E-state index contributed by atoms with van der Waals surface area (Å²) in [6.45, 7) is 2.14. The molecule has 0 bridgehead atoms. The molecule has 0 spiro atoms. The van der Waals surface area contributed by atoms with Gasteiger partial charge in [0.05, 0.1) is 16.8 Å². The molecule has 1 aromatic heterocycles. The van der Waals surface area contributed by atoms with Gasteiger partial charge in [-0.05, 0) is 30.8 Å². The van der Waals surface area contributed by atoms with Gasteiger partial charge in [0, 0.05) is 17.5 Å². The molecule has 1 aromatic carbocycles. The molecule has 2 aliphatic rings. The number of nitrogens with one attached hydrogen (secondary N) is 1. The van der Waals surface area contributed by atoms with E-state index < -0.39 is 0 Å². The van der Waals surface area contributed by atoms with Gasteiger partial charge in [0.15, 0.2) is 7.98 Å². The van der Waals surface area contributed by atoms with Crippen LogP contribution in [0.2, 0.25) is 0 Å². The Morgan fingerprint density at radius 2 is 2.17 bits per heavy atom. The first kappa shape index (κ1) is 10.1. The average Bonchev–Trinajstić information content (AvgIpc) is 2.65. The fraction of sp³-hybridized carbons (Fsp3) is 0.231. The lowest BCUT2D eigenvalue weighted by molar-refractivity contribution is 0.103. The number of anilines is 1. The van der Waals surface area contributed by atoms with Crippen molar-refractivity contribution in [2.75, 3.05) is 18.4 Å². The minimum atomic E-state index is -0.0136. The number of amides is 1. The molecular formula is C13H12BN3O. The summed E-state index contributed by atoms with van der Waals surface area (Å²) in [5, 5.41) is 3.89. The van der Waals surface area contributed by atoms with Crippen LogP contribution in [0.25, 0.3) is 10.9 Å². The van der Waals surface area contributed by atoms with E-state index >= 15 is 0 Å². The Labute approximate surface area is 105 Å². The second kappa shape index (κ2) is 3.33. The maximum Gasteiger partial charge on any atom is 0.256 e. The summed E-state index contributed by atoms with van der Waals surface area (Å²) in [7, 11) is 2.12. The van der Waals surface area contributed by atoms with Gasteiger partial charge in [-0.25, -0.2) is 0 Å². The van der Waals surface area contributed by atoms with E-state index in [0.717, 1.165) is 35.2 Å². The quantitative estimate of drug-likeness (QED) is 0.744. The summed E-state index contributed by atoms with van der Waals surface area (Å²) in [6, 6.07) is 5.87. The first-order chi connectivity index (χ1) is 8.74. The smallest absolute Gasteiger partial charge is 0.256 e. The molecule has 18 heavy (non-hydrogen) atoms. The Morgan fingerprint density at radius 3 is 2.94 bits per heavy atom. The number of nitrogens with zero attached hydrogens (tertiary/aromatic N) is 2. The van der Waals surface area contributed by atoms with Gasteiger partial charge < -0.3 is 10.1 Å². The van der Waals surface area contributed by atoms with Crippen LogP contribution >= 0.6 is 0 Å². The van der Waals surface area contributed by atoms with Crippen LogP contribution in [0.1, 0.15) is 21.8 Å². The maximum absolute atomic E-state index is 11.8. The second-order valence-corrected chi connectivity index (χ2v) is 5.16. The van der Waals surface area contributed by atoms with E-state index in [9.17, 15) is 4.79 Å². The minimum absolute atomic E-state index is 0.0136. The largest absolute Gasteiger partial charge is 0.347 e. The minimum Gasteiger partial charge on any atom is -0.347 e. The van der Waals surface area contributed by atoms with Crippen LogP contribution in [0, 0.1) is 0 Å². The van der Waals surface area contributed by atoms with Crippen molar-refractivity contribution < 1.29 is 4.79 Å². The van der Waals surface area contributed by atoms with Crippen LogP contribution in [-0.2, 0) is 0 Å². The summed E-state index contributed by atoms with van der Waals surface area (Å²) in [5.41, 5.74) is 3.91. The number of carbonyl (C=O) groups excluding carboxylic acids is 1. The van der Waals surface area contributed by atoms with Crippen molar-refractivity contribution in [2.45, 2.75) is 5.92 Å². The molecule has 5 heteroatoms. The Balaban J connectivity index is 1.97. The third-order valence-electron chi connectivity index (χ3n) is 3.92. The van der Waals surface area contributed by atoms with Gasteiger partial charge in [-0.15, -0.1) is 0 Å². The Kier molecular flexibility index (Phi) is 1.86. The summed E-state index contributed by atoms with van der Waals surface area (Å²) in [4.78, 5) is 18.6. The summed E-state index contributed by atoms with van der Waals surface area (Å²) in [5.74, 6) is 0.530. The average molecular weight is 237 g/mol. The van der Waals surface area contributed by atoms with Crippen molar-refractivity contribution in [1.82, 2.24) is 9.79 Å². The molecule has 0 unspecified atom stereocenters. The molecule has 88 valence electrons. The molecule has 0 aliphatic carbocycles. The van der Waals surface area contributed by atoms with Crippen molar-refractivity contribution >= 4 is 30.5 Å². The van der Waals surface area contributed by atoms with E-state index in [4.69, 9.17) is 0 Å². The number of hydrogen-bond acceptors (Lipinski definition) is 3. The highest BCUT2D eigenvalue weighted by Gasteiger charge is 2.29. The van der Waals surface area contributed by atoms with Crippen LogP contribution < -0.4 is 5.32 Å². The van der Waals surface area contributed by atoms with Gasteiger partial charge in [-0.1, -0.05) is 6.07 Å². The predicted octanol–water partition coefficient (Wildman–Crippen LogP) is 0.748. The van der Waals surface area contributed by atoms with Gasteiger partial charge in [0.25, 0.3) is 5.91 Å². The Bertz CT molecular complexity index is 679. The molecule has 2 aromatic rings. The number of rotatable bonds is 1. The molecule has 1 saturated heterocycles. The first-order valence-corrected chi connectivity index (χ1v) is 6.15. The van der Waals surface area contributed by atoms with E-state index in [-0.39, 0.29) is 5.91 Å². The molecule has 2 aliphatic heterocycles. The van der Waals surface area contributed by atoms with Crippen LogP contribution in [0.4, 0.5) is 5.69 Å². The molecule has 4 rings (SSSR count). The van der Waals surface area contributed by atoms with E-state index in [2.05, 4.69) is 29.2 Å². The number of aromatic nitrogens is 1. The van der Waals surface area contributed by atoms with Crippen molar-refractivity contribution in [3.63, 3.8) is 0 Å². The lowest BCUT2D eigenvalue weighted by Crippen LogP contribution is -2.42. The van der Waals surface area contributed by atoms with Gasteiger partial charge >= 0.3 is 0 Å². The molecule has 0 saturated carbocycles. The summed E-state index contributed by atoms with van der Waals surface area (Å²) >= 11 is 0. The highest BCUT2D eigenvalue weighted by Crippen LogP contribution is 2.37. The van der Waals surface area contributed by atoms with Crippen LogP contribution in [0.15, 0.2) is 24.4 Å². The highest BCUT2D eigenvalue weighted by molar-refractivity contribution is 6.23. The van der Waals surface area contributed by atoms with Gasteiger partial charge in [0.2, 0.25) is 0 Å². The van der Waals surface area contributed by atoms with Crippen molar-refractivity contribution in [3.8, 4) is 0 Å². The van der Waals surface area contributed by atoms with E-state index in [1.54, 1.807) is 6.20 Å². The van der Waals surface area contributed by atoms with Crippen LogP contribution in [-0.4, -0.2) is 36.8 Å². The fourth-order valence-electron chi connectivity index (χ4n) is 3.00. The zero-order valence-corrected chi connectivity index (χ0v) is 10.1. The number of carbonyl (C=O) groups is 1. The maximum atomic E-state index is 11.8. The molecular weight excluding hydrogens is 225 g/mol. The summed E-state index contributed by atoms with van der Waals surface area (Å²) < 4.78 is 0. The molecule has 1 amide bonds. The van der Waals surface area contributed by atoms with Gasteiger partial charge in [0.1, 0.15) is 0 Å². The zero-order chi connectivity index (χ0) is 12.3. The number of benzene rings is 1. The number of pyridine rings is 1. The second-order valence-electron chi connectivity index (χ2n) is 5.16. The van der Waals surface area contributed by atoms with Crippen LogP contribution in [0.3, 0.4) is 0 Å². The highest BCUT2D eigenvalue weighted by atomic mass is 16.1. The molecule has 1 N–H and O–H groups in total. The molecule has 3 heterocycles. The predicted molar refractivity (Wildman–Crippen MR) is 72.6 cm³/mol. The summed E-state index contributed by atoms with van der Waals surface area (Å²) in [6.07, 6.45) is 1.78. The monoisotopic (exact) mass is 237 g/mol. The van der Waals surface area contributed by atoms with E-state index in [1.807, 2.05) is 12.1 Å². The van der Waals surface area contributed by atoms with Crippen molar-refractivity contribution in [1.29, 1.82) is 0 Å². The lowest BCUT2D eigenvalue weighted by atomic mass is 9.86. The molecule has 1 fully saturated rings. The van der Waals surface area contributed by atoms with Gasteiger partial charge in [-0.2, -0.15) is 0 Å². The SMILES string of the molecule is BN1CC(c2ccc3c4c(ccnc24)NC3=O)C1. The molecule has 0 radical (unpaired) electrons. The van der Waals surface area contributed by atoms with Crippen molar-refractivity contribution in [2.24, 2.45) is 0 Å². The van der Waals surface area contributed by atoms with Crippen molar-refractivity contribution in [3.05, 3.63) is 35.5 Å². The van der Waals surface area contributed by atoms with Gasteiger partial charge in [-0.3, -0.25) is 9.78 Å². The molecule has 4 nitrogen and oxygen atoms in total. The topological polar surface area (TPSA) is 45.2 Å². The lowest BCUT2D eigenvalue weighted by Gasteiger charge is -2.37. The number of hydrogen-bond donors (Lipinski definition) is 1. The Morgan fingerprint density at radius 1 is 1.33 bits per heavy atom. The fourth-order valence-corrected chi connectivity index (χ4v) is 3.00. The first-order valence-electron chi connectivity index (χ1n) is 6.15. The normalized spacial score (nSPS) is 19.0. The standard InChI is InChI=1S/C13H12BN3O/c14-17-5-7(6-17)8-1-2-9-11-10(16-13(9)18)3-4-15-12(8)11/h1-4,7H,5-6,14H2,(H,16,18). The molecule has 0 atom stereocenters. The van der Waals surface area contributed by atoms with E-state index in [1.165, 1.54) is 5.56 Å². The van der Waals surface area contributed by atoms with Crippen LogP contribution in [0.5, 0.6) is 0 Å². The van der Waals surface area contributed by atoms with E-state index in [0.29, 0.717) is 5.92 Å². The zero-order valence-electron chi connectivity index (χ0n) is 10.1. The Hall–Kier alpha value is -1.88. The third-order valence-corrected chi connectivity index (χ3v) is 3.92. The third kappa shape index (κ3) is 1.19.